The molecule has 0 unspecified atom stereocenters. The number of hydrogen-bond acceptors (Lipinski definition) is 5. The smallest absolute Gasteiger partial charge is 0.435 e. The Morgan fingerprint density at radius 1 is 1.24 bits per heavy atom. The second-order valence-electron chi connectivity index (χ2n) is 6.04. The van der Waals surface area contributed by atoms with Crippen LogP contribution >= 0.6 is 0 Å². The molecule has 150 valence electrons. The number of carbonyl (C=O) groups excluding carboxylic acids is 1. The first kappa shape index (κ1) is 19.9. The summed E-state index contributed by atoms with van der Waals surface area (Å²) in [6, 6.07) is 9.46. The van der Waals surface area contributed by atoms with Gasteiger partial charge in [0.25, 0.3) is 5.91 Å². The number of nitrogens with zero attached hydrogens (tertiary/aromatic N) is 4. The Balaban J connectivity index is 1.82. The summed E-state index contributed by atoms with van der Waals surface area (Å²) in [6.45, 7) is 3.20. The summed E-state index contributed by atoms with van der Waals surface area (Å²) in [5.74, 6) is -0.465. The van der Waals surface area contributed by atoms with E-state index in [2.05, 4.69) is 22.1 Å². The summed E-state index contributed by atoms with van der Waals surface area (Å²) in [4.78, 5) is 16.3. The molecule has 0 bridgehead atoms. The maximum Gasteiger partial charge on any atom is 0.435 e. The number of rotatable bonds is 4. The highest BCUT2D eigenvalue weighted by Crippen LogP contribution is 2.33. The number of alkyl halides is 3. The molecule has 0 fully saturated rings. The minimum absolute atomic E-state index is 0.0751. The van der Waals surface area contributed by atoms with Crippen LogP contribution in [0.3, 0.4) is 0 Å². The molecule has 1 amide bonds. The highest BCUT2D eigenvalue weighted by atomic mass is 19.4. The summed E-state index contributed by atoms with van der Waals surface area (Å²) in [7, 11) is 1.36. The van der Waals surface area contributed by atoms with Crippen LogP contribution in [0.1, 0.15) is 16.1 Å². The molecule has 0 aliphatic carbocycles. The van der Waals surface area contributed by atoms with E-state index in [1.165, 1.54) is 43.4 Å². The molecule has 0 saturated carbocycles. The fraction of sp³-hybridized carbons (Fsp3) is 0.111. The highest BCUT2D eigenvalue weighted by Gasteiger charge is 2.35. The van der Waals surface area contributed by atoms with Gasteiger partial charge in [-0.05, 0) is 30.3 Å². The van der Waals surface area contributed by atoms with Gasteiger partial charge in [0.15, 0.2) is 5.69 Å². The second kappa shape index (κ2) is 7.26. The molecule has 0 aliphatic rings. The third-order valence-corrected chi connectivity index (χ3v) is 4.03. The first-order chi connectivity index (χ1) is 13.6. The topological polar surface area (TPSA) is 112 Å². The van der Waals surface area contributed by atoms with Crippen LogP contribution in [0.15, 0.2) is 42.5 Å². The Morgan fingerprint density at radius 3 is 2.41 bits per heavy atom. The van der Waals surface area contributed by atoms with Crippen LogP contribution in [-0.4, -0.2) is 32.1 Å². The van der Waals surface area contributed by atoms with Crippen molar-refractivity contribution in [2.75, 3.05) is 11.1 Å². The largest absolute Gasteiger partial charge is 0.619 e. The quantitative estimate of drug-likeness (QED) is 0.300. The number of aromatic nitrogens is 3. The molecule has 3 aromatic rings. The number of amides is 1. The van der Waals surface area contributed by atoms with Gasteiger partial charge in [-0.25, -0.2) is 4.98 Å². The number of nitrogens with two attached hydrogens (primary N) is 1. The standard InChI is InChI=1S/C18H15F3N6O2/c1-26-13(9-14(25-26)18(19,20)21)12-7-8-15(23-16(12)22)24-17(28)10-3-5-11(6-4-10)27(2)29/h3-9H,2H2,1H3,(H3,22,23,24,28). The average Bonchev–Trinajstić information content (AvgIpc) is 3.04. The number of nitrogen functional groups attached to an aromatic ring is 1. The number of nitrogens with one attached hydrogen (secondary N) is 1. The van der Waals surface area contributed by atoms with Gasteiger partial charge in [-0.3, -0.25) is 9.48 Å². The number of anilines is 2. The zero-order chi connectivity index (χ0) is 21.3. The van der Waals surface area contributed by atoms with Gasteiger partial charge in [0, 0.05) is 30.3 Å². The van der Waals surface area contributed by atoms with Crippen LogP contribution in [0.5, 0.6) is 0 Å². The van der Waals surface area contributed by atoms with Crippen molar-refractivity contribution < 1.29 is 22.7 Å². The van der Waals surface area contributed by atoms with E-state index in [1.807, 2.05) is 0 Å². The van der Waals surface area contributed by atoms with Crippen molar-refractivity contribution in [3.63, 3.8) is 0 Å². The summed E-state index contributed by atoms with van der Waals surface area (Å²) in [6.07, 6.45) is -4.58. The molecule has 0 spiro atoms. The third kappa shape index (κ3) is 4.18. The van der Waals surface area contributed by atoms with E-state index < -0.39 is 17.8 Å². The van der Waals surface area contributed by atoms with E-state index in [9.17, 15) is 23.2 Å². The van der Waals surface area contributed by atoms with Gasteiger partial charge >= 0.3 is 6.18 Å². The first-order valence-corrected chi connectivity index (χ1v) is 8.13. The van der Waals surface area contributed by atoms with E-state index in [4.69, 9.17) is 5.73 Å². The molecule has 0 aliphatic heterocycles. The predicted molar refractivity (Wildman–Crippen MR) is 101 cm³/mol. The van der Waals surface area contributed by atoms with Crippen LogP contribution in [0.4, 0.5) is 30.5 Å². The van der Waals surface area contributed by atoms with E-state index in [0.29, 0.717) is 4.74 Å². The van der Waals surface area contributed by atoms with Crippen LogP contribution in [0.2, 0.25) is 0 Å². The molecule has 29 heavy (non-hydrogen) atoms. The molecule has 11 heteroatoms. The molecular formula is C18H15F3N6O2. The lowest BCUT2D eigenvalue weighted by molar-refractivity contribution is -0.349. The lowest BCUT2D eigenvalue weighted by Gasteiger charge is -2.09. The summed E-state index contributed by atoms with van der Waals surface area (Å²) >= 11 is 0. The molecule has 2 heterocycles. The molecule has 2 aromatic heterocycles. The van der Waals surface area contributed by atoms with Crippen molar-refractivity contribution in [1.82, 2.24) is 14.8 Å². The van der Waals surface area contributed by atoms with Crippen molar-refractivity contribution in [3.05, 3.63) is 58.9 Å². The van der Waals surface area contributed by atoms with E-state index in [-0.39, 0.29) is 34.1 Å². The minimum Gasteiger partial charge on any atom is -0.619 e. The zero-order valence-electron chi connectivity index (χ0n) is 15.1. The third-order valence-electron chi connectivity index (χ3n) is 4.03. The molecule has 3 rings (SSSR count). The molecule has 0 atom stereocenters. The van der Waals surface area contributed by atoms with Gasteiger partial charge < -0.3 is 16.3 Å². The number of halogens is 3. The van der Waals surface area contributed by atoms with Gasteiger partial charge in [0.1, 0.15) is 18.4 Å². The van der Waals surface area contributed by atoms with E-state index in [0.717, 1.165) is 10.7 Å². The molecule has 1 aromatic carbocycles. The number of aryl methyl sites for hydroxylation is 1. The SMILES string of the molecule is C=[N+]([O-])c1ccc(C(=O)Nc2ccc(-c3cc(C(F)(F)F)nn3C)c(N)n2)cc1. The minimum atomic E-state index is -4.58. The fourth-order valence-corrected chi connectivity index (χ4v) is 2.59. The second-order valence-corrected chi connectivity index (χ2v) is 6.04. The Morgan fingerprint density at radius 2 is 1.90 bits per heavy atom. The van der Waals surface area contributed by atoms with Gasteiger partial charge in [0.05, 0.1) is 5.69 Å². The molecule has 3 N–H and O–H groups in total. The monoisotopic (exact) mass is 404 g/mol. The number of hydrogen-bond donors (Lipinski definition) is 2. The van der Waals surface area contributed by atoms with Gasteiger partial charge in [-0.2, -0.15) is 23.0 Å². The van der Waals surface area contributed by atoms with Crippen molar-refractivity contribution in [2.24, 2.45) is 7.05 Å². The highest BCUT2D eigenvalue weighted by molar-refractivity contribution is 6.04. The lowest BCUT2D eigenvalue weighted by atomic mass is 10.1. The molecule has 8 nitrogen and oxygen atoms in total. The van der Waals surface area contributed by atoms with Crippen molar-refractivity contribution in [3.8, 4) is 11.3 Å². The summed E-state index contributed by atoms with van der Waals surface area (Å²) < 4.78 is 40.0. The summed E-state index contributed by atoms with van der Waals surface area (Å²) in [5.41, 5.74) is 5.74. The van der Waals surface area contributed by atoms with Crippen LogP contribution < -0.4 is 11.1 Å². The van der Waals surface area contributed by atoms with E-state index in [1.54, 1.807) is 0 Å². The van der Waals surface area contributed by atoms with Crippen LogP contribution in [-0.2, 0) is 13.2 Å². The van der Waals surface area contributed by atoms with Crippen molar-refractivity contribution in [2.45, 2.75) is 6.18 Å². The van der Waals surface area contributed by atoms with Crippen LogP contribution in [0, 0.1) is 5.21 Å². The number of benzene rings is 1. The number of carbonyl (C=O) groups is 1. The number of pyridine rings is 1. The summed E-state index contributed by atoms with van der Waals surface area (Å²) in [5, 5.41) is 17.1. The van der Waals surface area contributed by atoms with E-state index >= 15 is 0 Å². The molecule has 0 radical (unpaired) electrons. The predicted octanol–water partition coefficient (Wildman–Crippen LogP) is 3.18. The maximum atomic E-state index is 12.8. The molecule has 0 saturated heterocycles. The Bertz CT molecular complexity index is 1090. The normalized spacial score (nSPS) is 11.3. The van der Waals surface area contributed by atoms with Crippen molar-refractivity contribution in [1.29, 1.82) is 0 Å². The Hall–Kier alpha value is -3.89. The van der Waals surface area contributed by atoms with Gasteiger partial charge in [-0.15, -0.1) is 0 Å². The Kier molecular flexibility index (Phi) is 4.97. The Labute approximate surface area is 162 Å². The van der Waals surface area contributed by atoms with Crippen molar-refractivity contribution >= 4 is 29.9 Å². The maximum absolute atomic E-state index is 12.8. The lowest BCUT2D eigenvalue weighted by Crippen LogP contribution is -2.13. The van der Waals surface area contributed by atoms with Crippen LogP contribution in [0.25, 0.3) is 11.3 Å². The first-order valence-electron chi connectivity index (χ1n) is 8.13. The molecular weight excluding hydrogens is 389 g/mol. The van der Waals surface area contributed by atoms with Gasteiger partial charge in [-0.1, -0.05) is 0 Å². The zero-order valence-corrected chi connectivity index (χ0v) is 15.1. The fourth-order valence-electron chi connectivity index (χ4n) is 2.59. The average molecular weight is 404 g/mol. The van der Waals surface area contributed by atoms with Gasteiger partial charge in [0.2, 0.25) is 5.69 Å².